The van der Waals surface area contributed by atoms with Crippen LogP contribution in [0.1, 0.15) is 5.69 Å². The Morgan fingerprint density at radius 3 is 2.69 bits per heavy atom. The fourth-order valence-corrected chi connectivity index (χ4v) is 3.33. The fraction of sp³-hybridized carbons (Fsp3) is 0.211. The largest absolute Gasteiger partial charge is 0.489 e. The molecule has 0 saturated carbocycles. The highest BCUT2D eigenvalue weighted by Gasteiger charge is 2.16. The molecule has 0 saturated heterocycles. The zero-order valence-electron chi connectivity index (χ0n) is 15.3. The number of nitro groups is 1. The summed E-state index contributed by atoms with van der Waals surface area (Å²) in [5, 5.41) is 22.0. The van der Waals surface area contributed by atoms with Crippen LogP contribution in [-0.4, -0.2) is 31.9 Å². The van der Waals surface area contributed by atoms with Crippen molar-refractivity contribution in [2.45, 2.75) is 19.6 Å². The van der Waals surface area contributed by atoms with Gasteiger partial charge in [-0.15, -0.1) is 0 Å². The normalized spacial score (nSPS) is 12.0. The highest BCUT2D eigenvalue weighted by atomic mass is 35.5. The highest BCUT2D eigenvalue weighted by molar-refractivity contribution is 6.35. The molecule has 3 aromatic rings. The minimum Gasteiger partial charge on any atom is -0.489 e. The number of aliphatic hydroxyl groups is 1. The van der Waals surface area contributed by atoms with Gasteiger partial charge in [-0.3, -0.25) is 19.2 Å². The fourth-order valence-electron chi connectivity index (χ4n) is 2.87. The van der Waals surface area contributed by atoms with E-state index in [2.05, 4.69) is 0 Å². The van der Waals surface area contributed by atoms with Crippen molar-refractivity contribution < 1.29 is 14.8 Å². The Labute approximate surface area is 175 Å². The van der Waals surface area contributed by atoms with Crippen molar-refractivity contribution >= 4 is 28.9 Å². The van der Waals surface area contributed by atoms with Crippen LogP contribution in [0.2, 0.25) is 10.0 Å². The lowest BCUT2D eigenvalue weighted by Gasteiger charge is -2.13. The maximum absolute atomic E-state index is 12.7. The Bertz CT molecular complexity index is 1110. The van der Waals surface area contributed by atoms with E-state index in [4.69, 9.17) is 27.9 Å². The second kappa shape index (κ2) is 8.69. The highest BCUT2D eigenvalue weighted by Crippen LogP contribution is 2.27. The molecule has 1 atom stereocenters. The van der Waals surface area contributed by atoms with Crippen LogP contribution in [-0.2, 0) is 6.54 Å². The average molecular weight is 438 g/mol. The monoisotopic (exact) mass is 437 g/mol. The molecule has 0 aliphatic carbocycles. The van der Waals surface area contributed by atoms with Gasteiger partial charge in [-0.2, -0.15) is 0 Å². The van der Waals surface area contributed by atoms with E-state index >= 15 is 0 Å². The average Bonchev–Trinajstić information content (AvgIpc) is 2.94. The molecule has 0 bridgehead atoms. The first-order valence-electron chi connectivity index (χ1n) is 8.56. The number of nitrogens with zero attached hydrogens (tertiary/aromatic N) is 3. The molecule has 0 aliphatic heterocycles. The van der Waals surface area contributed by atoms with E-state index in [0.29, 0.717) is 27.2 Å². The molecule has 1 heterocycles. The number of benzene rings is 2. The molecule has 0 aliphatic rings. The number of aryl methyl sites for hydroxylation is 1. The van der Waals surface area contributed by atoms with E-state index in [1.165, 1.54) is 33.4 Å². The summed E-state index contributed by atoms with van der Waals surface area (Å²) in [7, 11) is 0. The van der Waals surface area contributed by atoms with E-state index < -0.39 is 16.7 Å². The van der Waals surface area contributed by atoms with Crippen molar-refractivity contribution in [3.63, 3.8) is 0 Å². The Kier molecular flexibility index (Phi) is 6.26. The van der Waals surface area contributed by atoms with Crippen LogP contribution in [0.5, 0.6) is 5.75 Å². The molecule has 29 heavy (non-hydrogen) atoms. The quantitative estimate of drug-likeness (QED) is 0.449. The van der Waals surface area contributed by atoms with Crippen LogP contribution in [0.15, 0.2) is 53.5 Å². The van der Waals surface area contributed by atoms with Gasteiger partial charge in [-0.05, 0) is 31.2 Å². The van der Waals surface area contributed by atoms with Crippen LogP contribution >= 0.6 is 23.2 Å². The second-order valence-corrected chi connectivity index (χ2v) is 7.20. The maximum atomic E-state index is 12.7. The second-order valence-electron chi connectivity index (χ2n) is 6.36. The van der Waals surface area contributed by atoms with Crippen LogP contribution in [0.25, 0.3) is 5.69 Å². The molecule has 1 aromatic heterocycles. The van der Waals surface area contributed by atoms with Crippen LogP contribution in [0.4, 0.5) is 5.69 Å². The summed E-state index contributed by atoms with van der Waals surface area (Å²) in [6.07, 6.45) is 0.583. The Morgan fingerprint density at radius 2 is 2.00 bits per heavy atom. The van der Waals surface area contributed by atoms with Crippen molar-refractivity contribution in [3.05, 3.63) is 85.0 Å². The van der Waals surface area contributed by atoms with Crippen LogP contribution in [0, 0.1) is 17.0 Å². The number of aromatic nitrogens is 2. The van der Waals surface area contributed by atoms with Gasteiger partial charge in [-0.1, -0.05) is 29.3 Å². The molecule has 1 N–H and O–H groups in total. The topological polar surface area (TPSA) is 99.5 Å². The third kappa shape index (κ3) is 4.79. The number of nitro benzene ring substituents is 1. The molecule has 0 fully saturated rings. The predicted octanol–water partition coefficient (Wildman–Crippen LogP) is 3.60. The van der Waals surface area contributed by atoms with Crippen molar-refractivity contribution in [1.82, 2.24) is 9.13 Å². The molecule has 0 amide bonds. The molecule has 0 spiro atoms. The van der Waals surface area contributed by atoms with Crippen LogP contribution < -0.4 is 10.4 Å². The summed E-state index contributed by atoms with van der Waals surface area (Å²) in [4.78, 5) is 23.2. The lowest BCUT2D eigenvalue weighted by atomic mass is 10.3. The van der Waals surface area contributed by atoms with E-state index in [0.717, 1.165) is 0 Å². The first-order chi connectivity index (χ1) is 13.8. The van der Waals surface area contributed by atoms with E-state index in [9.17, 15) is 20.0 Å². The minimum atomic E-state index is -0.986. The Hall–Kier alpha value is -2.81. The van der Waals surface area contributed by atoms with Gasteiger partial charge in [0.1, 0.15) is 18.5 Å². The van der Waals surface area contributed by atoms with Gasteiger partial charge in [0, 0.05) is 29.0 Å². The van der Waals surface area contributed by atoms with Crippen molar-refractivity contribution in [1.29, 1.82) is 0 Å². The number of rotatable bonds is 7. The smallest absolute Gasteiger partial charge is 0.333 e. The van der Waals surface area contributed by atoms with Gasteiger partial charge in [0.15, 0.2) is 0 Å². The van der Waals surface area contributed by atoms with E-state index in [1.54, 1.807) is 31.3 Å². The standard InChI is InChI=1S/C19H17Cl2N3O5/c1-12-9-22(10-16(25)11-29-18-6-5-13(20)7-17(18)21)19(26)23(12)14-3-2-4-15(8-14)24(27)28/h2-9,16,25H,10-11H2,1H3/t16-/m1/s1. The number of non-ortho nitro benzene ring substituents is 1. The van der Waals surface area contributed by atoms with Crippen molar-refractivity contribution in [3.8, 4) is 11.4 Å². The lowest BCUT2D eigenvalue weighted by molar-refractivity contribution is -0.384. The predicted molar refractivity (Wildman–Crippen MR) is 109 cm³/mol. The van der Waals surface area contributed by atoms with Gasteiger partial charge >= 0.3 is 5.69 Å². The van der Waals surface area contributed by atoms with Gasteiger partial charge < -0.3 is 9.84 Å². The van der Waals surface area contributed by atoms with E-state index in [-0.39, 0.29) is 18.8 Å². The zero-order valence-corrected chi connectivity index (χ0v) is 16.8. The molecule has 8 nitrogen and oxygen atoms in total. The summed E-state index contributed by atoms with van der Waals surface area (Å²) in [6, 6.07) is 10.5. The summed E-state index contributed by atoms with van der Waals surface area (Å²) in [5.41, 5.74) is 0.407. The molecule has 2 aromatic carbocycles. The third-order valence-corrected chi connectivity index (χ3v) is 4.69. The SMILES string of the molecule is Cc1cn(C[C@@H](O)COc2ccc(Cl)cc2Cl)c(=O)n1-c1cccc([N+](=O)[O-])c1. The van der Waals surface area contributed by atoms with E-state index in [1.807, 2.05) is 0 Å². The van der Waals surface area contributed by atoms with Gasteiger partial charge in [0.05, 0.1) is 22.2 Å². The number of halogens is 2. The van der Waals surface area contributed by atoms with Crippen molar-refractivity contribution in [2.75, 3.05) is 6.61 Å². The summed E-state index contributed by atoms with van der Waals surface area (Å²) < 4.78 is 8.16. The number of ether oxygens (including phenoxy) is 1. The maximum Gasteiger partial charge on any atom is 0.333 e. The minimum absolute atomic E-state index is 0.0210. The lowest BCUT2D eigenvalue weighted by Crippen LogP contribution is -2.31. The number of hydrogen-bond acceptors (Lipinski definition) is 5. The van der Waals surface area contributed by atoms with Gasteiger partial charge in [-0.25, -0.2) is 4.79 Å². The Morgan fingerprint density at radius 1 is 1.24 bits per heavy atom. The summed E-state index contributed by atoms with van der Waals surface area (Å²) in [6.45, 7) is 1.59. The molecular formula is C19H17Cl2N3O5. The molecule has 0 radical (unpaired) electrons. The molecule has 0 unspecified atom stereocenters. The molecule has 3 rings (SSSR count). The first kappa shape index (κ1) is 20.9. The summed E-state index contributed by atoms with van der Waals surface area (Å²) >= 11 is 11.9. The van der Waals surface area contributed by atoms with Gasteiger partial charge in [0.2, 0.25) is 0 Å². The Balaban J connectivity index is 1.75. The number of imidazole rings is 1. The van der Waals surface area contributed by atoms with Gasteiger partial charge in [0.25, 0.3) is 5.69 Å². The summed E-state index contributed by atoms with van der Waals surface area (Å²) in [5.74, 6) is 0.368. The van der Waals surface area contributed by atoms with Crippen LogP contribution in [0.3, 0.4) is 0 Å². The zero-order chi connectivity index (χ0) is 21.1. The molecule has 10 heteroatoms. The number of aliphatic hydroxyl groups excluding tert-OH is 1. The molecular weight excluding hydrogens is 421 g/mol. The molecule has 152 valence electrons. The number of hydrogen-bond donors (Lipinski definition) is 1. The van der Waals surface area contributed by atoms with Crippen molar-refractivity contribution in [2.24, 2.45) is 0 Å². The first-order valence-corrected chi connectivity index (χ1v) is 9.31. The third-order valence-electron chi connectivity index (χ3n) is 4.16.